The molecule has 0 spiro atoms. The summed E-state index contributed by atoms with van der Waals surface area (Å²) in [5.74, 6) is -1.23. The molecule has 1 rings (SSSR count). The predicted octanol–water partition coefficient (Wildman–Crippen LogP) is 1.88. The molecule has 0 aliphatic heterocycles. The van der Waals surface area contributed by atoms with Gasteiger partial charge in [0.15, 0.2) is 0 Å². The minimum Gasteiger partial charge on any atom is -0.544 e. The number of carbonyl (C=O) groups excluding carboxylic acids is 1. The lowest BCUT2D eigenvalue weighted by molar-refractivity contribution is -0.254. The van der Waals surface area contributed by atoms with Crippen molar-refractivity contribution >= 4 is 24.9 Å². The molecule has 0 aliphatic rings. The number of carboxylic acids is 1. The monoisotopic (exact) mass is 277 g/mol. The SMILES string of the molecule is CCOP(=O)(Cc1ccc(C(=O)[O-])s1)OCC. The van der Waals surface area contributed by atoms with E-state index < -0.39 is 13.6 Å². The molecule has 0 radical (unpaired) electrons. The zero-order valence-electron chi connectivity index (χ0n) is 9.67. The Morgan fingerprint density at radius 2 is 1.94 bits per heavy atom. The largest absolute Gasteiger partial charge is 0.544 e. The fourth-order valence-corrected chi connectivity index (χ4v) is 4.19. The molecule has 0 saturated carbocycles. The second-order valence-electron chi connectivity index (χ2n) is 3.16. The Balaban J connectivity index is 2.78. The predicted molar refractivity (Wildman–Crippen MR) is 63.2 cm³/mol. The van der Waals surface area contributed by atoms with Crippen molar-refractivity contribution in [2.75, 3.05) is 13.2 Å². The van der Waals surface area contributed by atoms with Crippen LogP contribution < -0.4 is 5.11 Å². The smallest absolute Gasteiger partial charge is 0.335 e. The molecular weight excluding hydrogens is 263 g/mol. The molecule has 7 heteroatoms. The molecule has 1 aromatic heterocycles. The van der Waals surface area contributed by atoms with Crippen molar-refractivity contribution in [1.29, 1.82) is 0 Å². The average Bonchev–Trinajstić information content (AvgIpc) is 2.66. The van der Waals surface area contributed by atoms with E-state index >= 15 is 0 Å². The number of rotatable bonds is 7. The summed E-state index contributed by atoms with van der Waals surface area (Å²) in [7, 11) is -3.16. The zero-order valence-corrected chi connectivity index (χ0v) is 11.4. The third-order valence-electron chi connectivity index (χ3n) is 1.86. The van der Waals surface area contributed by atoms with Gasteiger partial charge in [-0.1, -0.05) is 0 Å². The quantitative estimate of drug-likeness (QED) is 0.711. The number of hydrogen-bond donors (Lipinski definition) is 0. The fourth-order valence-electron chi connectivity index (χ4n) is 1.29. The Labute approximate surface area is 104 Å². The first-order chi connectivity index (χ1) is 8.00. The second kappa shape index (κ2) is 6.31. The molecule has 0 N–H and O–H groups in total. The highest BCUT2D eigenvalue weighted by atomic mass is 32.1. The van der Waals surface area contributed by atoms with Crippen LogP contribution in [0.2, 0.25) is 0 Å². The minimum atomic E-state index is -3.16. The van der Waals surface area contributed by atoms with Crippen molar-refractivity contribution < 1.29 is 23.5 Å². The van der Waals surface area contributed by atoms with Crippen LogP contribution in [0.15, 0.2) is 12.1 Å². The van der Waals surface area contributed by atoms with Crippen molar-refractivity contribution in [1.82, 2.24) is 0 Å². The van der Waals surface area contributed by atoms with E-state index in [4.69, 9.17) is 9.05 Å². The third kappa shape index (κ3) is 4.24. The highest BCUT2D eigenvalue weighted by Crippen LogP contribution is 2.52. The maximum absolute atomic E-state index is 12.2. The van der Waals surface area contributed by atoms with Gasteiger partial charge >= 0.3 is 7.60 Å². The van der Waals surface area contributed by atoms with Crippen LogP contribution in [0.3, 0.4) is 0 Å². The lowest BCUT2D eigenvalue weighted by Gasteiger charge is -2.15. The number of aromatic carboxylic acids is 1. The van der Waals surface area contributed by atoms with Crippen LogP contribution in [0, 0.1) is 0 Å². The molecule has 0 atom stereocenters. The van der Waals surface area contributed by atoms with E-state index in [0.717, 1.165) is 11.3 Å². The molecule has 0 aromatic carbocycles. The lowest BCUT2D eigenvalue weighted by Crippen LogP contribution is -2.20. The normalized spacial score (nSPS) is 11.6. The van der Waals surface area contributed by atoms with Crippen LogP contribution in [0.1, 0.15) is 28.4 Å². The first-order valence-electron chi connectivity index (χ1n) is 5.19. The Morgan fingerprint density at radius 1 is 1.35 bits per heavy atom. The van der Waals surface area contributed by atoms with Crippen LogP contribution in [0.25, 0.3) is 0 Å². The second-order valence-corrected chi connectivity index (χ2v) is 6.38. The van der Waals surface area contributed by atoms with Gasteiger partial charge < -0.3 is 18.9 Å². The highest BCUT2D eigenvalue weighted by molar-refractivity contribution is 7.53. The van der Waals surface area contributed by atoms with E-state index in [9.17, 15) is 14.5 Å². The maximum atomic E-state index is 12.2. The Hall–Kier alpha value is -0.680. The molecular formula is C10H14O5PS-. The van der Waals surface area contributed by atoms with E-state index in [-0.39, 0.29) is 24.3 Å². The molecule has 96 valence electrons. The van der Waals surface area contributed by atoms with Gasteiger partial charge in [0.25, 0.3) is 0 Å². The first-order valence-corrected chi connectivity index (χ1v) is 7.73. The van der Waals surface area contributed by atoms with E-state index in [0.29, 0.717) is 4.88 Å². The van der Waals surface area contributed by atoms with E-state index in [1.165, 1.54) is 6.07 Å². The van der Waals surface area contributed by atoms with E-state index in [1.807, 2.05) is 0 Å². The molecule has 5 nitrogen and oxygen atoms in total. The zero-order chi connectivity index (χ0) is 12.9. The van der Waals surface area contributed by atoms with Gasteiger partial charge in [0.2, 0.25) is 0 Å². The first kappa shape index (κ1) is 14.4. The van der Waals surface area contributed by atoms with Gasteiger partial charge in [-0.3, -0.25) is 4.57 Å². The van der Waals surface area contributed by atoms with Gasteiger partial charge in [0.1, 0.15) is 0 Å². The highest BCUT2D eigenvalue weighted by Gasteiger charge is 2.24. The topological polar surface area (TPSA) is 75.7 Å². The summed E-state index contributed by atoms with van der Waals surface area (Å²) in [5.41, 5.74) is 0. The fraction of sp³-hybridized carbons (Fsp3) is 0.500. The number of carboxylic acid groups (broad SMARTS) is 1. The summed E-state index contributed by atoms with van der Waals surface area (Å²) in [6.07, 6.45) is 0.0899. The van der Waals surface area contributed by atoms with Crippen LogP contribution in [-0.2, 0) is 19.8 Å². The van der Waals surface area contributed by atoms with Crippen molar-refractivity contribution in [3.05, 3.63) is 21.9 Å². The Morgan fingerprint density at radius 3 is 2.35 bits per heavy atom. The van der Waals surface area contributed by atoms with Gasteiger partial charge in [-0.05, 0) is 26.0 Å². The maximum Gasteiger partial charge on any atom is 0.335 e. The van der Waals surface area contributed by atoms with Crippen LogP contribution in [0.4, 0.5) is 0 Å². The van der Waals surface area contributed by atoms with Crippen LogP contribution in [0.5, 0.6) is 0 Å². The van der Waals surface area contributed by atoms with E-state index in [2.05, 4.69) is 0 Å². The van der Waals surface area contributed by atoms with Gasteiger partial charge in [-0.2, -0.15) is 0 Å². The Bertz CT molecular complexity index is 418. The molecule has 0 saturated heterocycles. The Kier molecular flexibility index (Phi) is 5.33. The number of thiophene rings is 1. The number of carbonyl (C=O) groups is 1. The number of hydrogen-bond acceptors (Lipinski definition) is 6. The molecule has 0 bridgehead atoms. The summed E-state index contributed by atoms with van der Waals surface area (Å²) < 4.78 is 22.4. The lowest BCUT2D eigenvalue weighted by atomic mass is 10.4. The minimum absolute atomic E-state index is 0.0899. The van der Waals surface area contributed by atoms with Crippen molar-refractivity contribution in [2.45, 2.75) is 20.0 Å². The summed E-state index contributed by atoms with van der Waals surface area (Å²) in [6.45, 7) is 4.03. The van der Waals surface area contributed by atoms with Crippen molar-refractivity contribution in [2.24, 2.45) is 0 Å². The molecule has 0 unspecified atom stereocenters. The van der Waals surface area contributed by atoms with E-state index in [1.54, 1.807) is 19.9 Å². The molecule has 0 aliphatic carbocycles. The molecule has 0 amide bonds. The van der Waals surface area contributed by atoms with Crippen molar-refractivity contribution in [3.8, 4) is 0 Å². The van der Waals surface area contributed by atoms with Gasteiger partial charge in [-0.25, -0.2) is 0 Å². The molecule has 17 heavy (non-hydrogen) atoms. The standard InChI is InChI=1S/C10H15O5PS/c1-3-14-16(13,15-4-2)7-8-5-6-9(17-8)10(11)12/h5-6H,3-4,7H2,1-2H3,(H,11,12)/p-1. The molecule has 0 fully saturated rings. The van der Waals surface area contributed by atoms with Gasteiger partial charge in [-0.15, -0.1) is 11.3 Å². The summed E-state index contributed by atoms with van der Waals surface area (Å²) >= 11 is 1.03. The van der Waals surface area contributed by atoms with Crippen molar-refractivity contribution in [3.63, 3.8) is 0 Å². The average molecular weight is 277 g/mol. The van der Waals surface area contributed by atoms with Crippen LogP contribution >= 0.6 is 18.9 Å². The summed E-state index contributed by atoms with van der Waals surface area (Å²) in [5, 5.41) is 10.6. The summed E-state index contributed by atoms with van der Waals surface area (Å²) in [6, 6.07) is 3.03. The molecule has 1 heterocycles. The van der Waals surface area contributed by atoms with Gasteiger partial charge in [0.05, 0.1) is 30.2 Å². The van der Waals surface area contributed by atoms with Gasteiger partial charge in [0, 0.05) is 4.88 Å². The third-order valence-corrected chi connectivity index (χ3v) is 5.17. The van der Waals surface area contributed by atoms with Crippen LogP contribution in [-0.4, -0.2) is 19.2 Å². The summed E-state index contributed by atoms with van der Waals surface area (Å²) in [4.78, 5) is 11.4. The molecule has 1 aromatic rings.